The van der Waals surface area contributed by atoms with Crippen LogP contribution in [0.25, 0.3) is 10.8 Å². The minimum absolute atomic E-state index is 0.814. The number of fused-ring (bicyclic) bond motifs is 1. The second-order valence-electron chi connectivity index (χ2n) is 4.94. The zero-order chi connectivity index (χ0) is 13.0. The van der Waals surface area contributed by atoms with Crippen molar-refractivity contribution in [3.63, 3.8) is 0 Å². The first kappa shape index (κ1) is 12.7. The number of nitrogens with two attached hydrogens (primary N) is 2. The number of aryl methyl sites for hydroxylation is 1. The molecule has 2 aromatic carbocycles. The average molecular weight is 242 g/mol. The lowest BCUT2D eigenvalue weighted by Crippen LogP contribution is -1.95. The van der Waals surface area contributed by atoms with Crippen LogP contribution < -0.4 is 11.5 Å². The van der Waals surface area contributed by atoms with Crippen LogP contribution in [0.5, 0.6) is 0 Å². The molecule has 0 atom stereocenters. The van der Waals surface area contributed by atoms with E-state index in [1.165, 1.54) is 31.2 Å². The first-order valence-corrected chi connectivity index (χ1v) is 6.79. The number of unbranched alkanes of at least 4 members (excludes halogenated alkanes) is 3. The van der Waals surface area contributed by atoms with Gasteiger partial charge in [-0.15, -0.1) is 0 Å². The van der Waals surface area contributed by atoms with E-state index in [4.69, 9.17) is 11.5 Å². The lowest BCUT2D eigenvalue weighted by atomic mass is 10.00. The molecule has 0 aliphatic heterocycles. The normalized spacial score (nSPS) is 10.9. The second-order valence-corrected chi connectivity index (χ2v) is 4.94. The van der Waals surface area contributed by atoms with Crippen molar-refractivity contribution in [1.82, 2.24) is 0 Å². The molecule has 0 saturated heterocycles. The summed E-state index contributed by atoms with van der Waals surface area (Å²) >= 11 is 0. The highest BCUT2D eigenvalue weighted by molar-refractivity contribution is 6.00. The topological polar surface area (TPSA) is 52.0 Å². The molecule has 2 rings (SSSR count). The number of benzene rings is 2. The molecule has 0 spiro atoms. The quantitative estimate of drug-likeness (QED) is 0.612. The smallest absolute Gasteiger partial charge is 0.0397 e. The van der Waals surface area contributed by atoms with Crippen LogP contribution in [0.2, 0.25) is 0 Å². The van der Waals surface area contributed by atoms with Gasteiger partial charge in [0.25, 0.3) is 0 Å². The SMILES string of the molecule is CCCCCCc1cc(N)c2cccc(N)c2c1. The van der Waals surface area contributed by atoms with Crippen molar-refractivity contribution in [2.75, 3.05) is 11.5 Å². The van der Waals surface area contributed by atoms with Gasteiger partial charge in [-0.1, -0.05) is 38.3 Å². The van der Waals surface area contributed by atoms with E-state index in [0.717, 1.165) is 28.6 Å². The largest absolute Gasteiger partial charge is 0.398 e. The van der Waals surface area contributed by atoms with Crippen molar-refractivity contribution in [3.8, 4) is 0 Å². The standard InChI is InChI=1S/C16H22N2/c1-2-3-4-5-7-12-10-14-13(16(18)11-12)8-6-9-15(14)17/h6,8-11H,2-5,7,17-18H2,1H3. The van der Waals surface area contributed by atoms with Crippen molar-refractivity contribution in [2.24, 2.45) is 0 Å². The lowest BCUT2D eigenvalue weighted by Gasteiger charge is -2.09. The van der Waals surface area contributed by atoms with Gasteiger partial charge in [0.2, 0.25) is 0 Å². The van der Waals surface area contributed by atoms with Crippen molar-refractivity contribution in [3.05, 3.63) is 35.9 Å². The van der Waals surface area contributed by atoms with E-state index in [0.29, 0.717) is 0 Å². The van der Waals surface area contributed by atoms with Crippen LogP contribution in [0.3, 0.4) is 0 Å². The number of nitrogen functional groups attached to an aromatic ring is 2. The minimum Gasteiger partial charge on any atom is -0.398 e. The predicted molar refractivity (Wildman–Crippen MR) is 80.6 cm³/mol. The van der Waals surface area contributed by atoms with E-state index in [9.17, 15) is 0 Å². The minimum atomic E-state index is 0.814. The predicted octanol–water partition coefficient (Wildman–Crippen LogP) is 4.13. The number of hydrogen-bond donors (Lipinski definition) is 2. The summed E-state index contributed by atoms with van der Waals surface area (Å²) in [6, 6.07) is 10.2. The van der Waals surface area contributed by atoms with Crippen molar-refractivity contribution in [1.29, 1.82) is 0 Å². The molecule has 0 fully saturated rings. The van der Waals surface area contributed by atoms with Gasteiger partial charge in [-0.3, -0.25) is 0 Å². The van der Waals surface area contributed by atoms with Gasteiger partial charge in [0, 0.05) is 22.1 Å². The molecule has 18 heavy (non-hydrogen) atoms. The summed E-state index contributed by atoms with van der Waals surface area (Å²) in [4.78, 5) is 0. The fourth-order valence-electron chi connectivity index (χ4n) is 2.40. The summed E-state index contributed by atoms with van der Waals surface area (Å²) in [7, 11) is 0. The molecule has 96 valence electrons. The average Bonchev–Trinajstić information content (AvgIpc) is 2.36. The summed E-state index contributed by atoms with van der Waals surface area (Å²) < 4.78 is 0. The first-order chi connectivity index (χ1) is 8.72. The van der Waals surface area contributed by atoms with Gasteiger partial charge in [0.15, 0.2) is 0 Å². The summed E-state index contributed by atoms with van der Waals surface area (Å²) in [5.74, 6) is 0. The van der Waals surface area contributed by atoms with Gasteiger partial charge in [-0.25, -0.2) is 0 Å². The molecule has 4 N–H and O–H groups in total. The molecule has 0 bridgehead atoms. The van der Waals surface area contributed by atoms with Crippen LogP contribution in [0.1, 0.15) is 38.2 Å². The van der Waals surface area contributed by atoms with Crippen molar-refractivity contribution >= 4 is 22.1 Å². The van der Waals surface area contributed by atoms with Gasteiger partial charge >= 0.3 is 0 Å². The Kier molecular flexibility index (Phi) is 4.08. The Morgan fingerprint density at radius 1 is 0.889 bits per heavy atom. The molecule has 0 aromatic heterocycles. The molecular formula is C16H22N2. The van der Waals surface area contributed by atoms with Gasteiger partial charge in [0.05, 0.1) is 0 Å². The maximum Gasteiger partial charge on any atom is 0.0397 e. The van der Waals surface area contributed by atoms with Crippen LogP contribution in [-0.2, 0) is 6.42 Å². The lowest BCUT2D eigenvalue weighted by molar-refractivity contribution is 0.667. The Morgan fingerprint density at radius 3 is 2.50 bits per heavy atom. The first-order valence-electron chi connectivity index (χ1n) is 6.79. The maximum absolute atomic E-state index is 6.10. The van der Waals surface area contributed by atoms with E-state index < -0.39 is 0 Å². The fourth-order valence-corrected chi connectivity index (χ4v) is 2.40. The second kappa shape index (κ2) is 5.76. The molecular weight excluding hydrogens is 220 g/mol. The molecule has 0 saturated carbocycles. The number of anilines is 2. The Bertz CT molecular complexity index is 532. The van der Waals surface area contributed by atoms with Crippen LogP contribution >= 0.6 is 0 Å². The van der Waals surface area contributed by atoms with Gasteiger partial charge < -0.3 is 11.5 Å². The van der Waals surface area contributed by atoms with E-state index >= 15 is 0 Å². The van der Waals surface area contributed by atoms with Gasteiger partial charge in [-0.05, 0) is 36.6 Å². The Hall–Kier alpha value is -1.70. The van der Waals surface area contributed by atoms with Crippen LogP contribution in [0, 0.1) is 0 Å². The monoisotopic (exact) mass is 242 g/mol. The van der Waals surface area contributed by atoms with Crippen LogP contribution in [0.4, 0.5) is 11.4 Å². The van der Waals surface area contributed by atoms with Gasteiger partial charge in [0.1, 0.15) is 0 Å². The third-order valence-corrected chi connectivity index (χ3v) is 3.44. The summed E-state index contributed by atoms with van der Waals surface area (Å²) in [6.07, 6.45) is 6.19. The molecule has 0 unspecified atom stereocenters. The molecule has 0 aliphatic rings. The molecule has 0 radical (unpaired) electrons. The zero-order valence-corrected chi connectivity index (χ0v) is 11.1. The molecule has 2 nitrogen and oxygen atoms in total. The highest BCUT2D eigenvalue weighted by atomic mass is 14.6. The van der Waals surface area contributed by atoms with E-state index in [1.807, 2.05) is 18.2 Å². The van der Waals surface area contributed by atoms with Crippen LogP contribution in [0.15, 0.2) is 30.3 Å². The fraction of sp³-hybridized carbons (Fsp3) is 0.375. The molecule has 0 heterocycles. The third kappa shape index (κ3) is 2.76. The summed E-state index contributed by atoms with van der Waals surface area (Å²) in [5.41, 5.74) is 15.1. The van der Waals surface area contributed by atoms with Crippen molar-refractivity contribution in [2.45, 2.75) is 39.0 Å². The third-order valence-electron chi connectivity index (χ3n) is 3.44. The Labute approximate surface area is 109 Å². The Morgan fingerprint density at radius 2 is 1.72 bits per heavy atom. The molecule has 2 aromatic rings. The zero-order valence-electron chi connectivity index (χ0n) is 11.1. The summed E-state index contributed by atoms with van der Waals surface area (Å²) in [5, 5.41) is 2.15. The molecule has 0 aliphatic carbocycles. The van der Waals surface area contributed by atoms with E-state index in [-0.39, 0.29) is 0 Å². The van der Waals surface area contributed by atoms with Crippen LogP contribution in [-0.4, -0.2) is 0 Å². The Balaban J connectivity index is 2.22. The maximum atomic E-state index is 6.10. The molecule has 2 heteroatoms. The summed E-state index contributed by atoms with van der Waals surface area (Å²) in [6.45, 7) is 2.23. The van der Waals surface area contributed by atoms with E-state index in [2.05, 4.69) is 19.1 Å². The highest BCUT2D eigenvalue weighted by Crippen LogP contribution is 2.28. The highest BCUT2D eigenvalue weighted by Gasteiger charge is 2.04. The number of rotatable bonds is 5. The van der Waals surface area contributed by atoms with Crippen molar-refractivity contribution < 1.29 is 0 Å². The number of hydrogen-bond acceptors (Lipinski definition) is 2. The van der Waals surface area contributed by atoms with Gasteiger partial charge in [-0.2, -0.15) is 0 Å². The molecule has 0 amide bonds. The van der Waals surface area contributed by atoms with E-state index in [1.54, 1.807) is 0 Å².